The number of ether oxygens (including phenoxy) is 1. The quantitative estimate of drug-likeness (QED) is 0.878. The Morgan fingerprint density at radius 3 is 3.28 bits per heavy atom. The van der Waals surface area contributed by atoms with E-state index in [-0.39, 0.29) is 0 Å². The summed E-state index contributed by atoms with van der Waals surface area (Å²) in [7, 11) is 0. The van der Waals surface area contributed by atoms with Gasteiger partial charge >= 0.3 is 0 Å². The van der Waals surface area contributed by atoms with Crippen LogP contribution in [0.3, 0.4) is 0 Å². The van der Waals surface area contributed by atoms with Gasteiger partial charge in [-0.1, -0.05) is 11.6 Å². The zero-order valence-electron chi connectivity index (χ0n) is 9.57. The molecule has 1 atom stereocenters. The van der Waals surface area contributed by atoms with Gasteiger partial charge in [-0.2, -0.15) is 9.61 Å². The Hall–Kier alpha value is -0.850. The van der Waals surface area contributed by atoms with Crippen LogP contribution in [0.4, 0.5) is 5.82 Å². The maximum absolute atomic E-state index is 6.01. The van der Waals surface area contributed by atoms with E-state index in [1.807, 2.05) is 0 Å². The largest absolute Gasteiger partial charge is 0.381 e. The van der Waals surface area contributed by atoms with Crippen LogP contribution in [0, 0.1) is 5.92 Å². The maximum Gasteiger partial charge on any atom is 0.173 e. The van der Waals surface area contributed by atoms with Crippen LogP contribution in [0.1, 0.15) is 6.42 Å². The van der Waals surface area contributed by atoms with Crippen molar-refractivity contribution in [3.05, 3.63) is 21.9 Å². The van der Waals surface area contributed by atoms with Gasteiger partial charge < -0.3 is 10.1 Å². The van der Waals surface area contributed by atoms with Crippen molar-refractivity contribution in [3.63, 3.8) is 0 Å². The number of halogens is 2. The van der Waals surface area contributed by atoms with Crippen LogP contribution >= 0.6 is 27.5 Å². The first-order chi connectivity index (χ1) is 8.74. The molecule has 0 spiro atoms. The SMILES string of the molecule is Clc1cc(NC[C@@H]2CCOC2)n2ncc(Br)c2n1. The third-order valence-corrected chi connectivity index (χ3v) is 3.75. The number of nitrogens with one attached hydrogen (secondary N) is 1. The van der Waals surface area contributed by atoms with Gasteiger partial charge in [0.05, 0.1) is 17.3 Å². The van der Waals surface area contributed by atoms with Crippen LogP contribution in [-0.4, -0.2) is 34.4 Å². The number of hydrogen-bond acceptors (Lipinski definition) is 4. The van der Waals surface area contributed by atoms with E-state index in [0.29, 0.717) is 16.7 Å². The fraction of sp³-hybridized carbons (Fsp3) is 0.455. The summed E-state index contributed by atoms with van der Waals surface area (Å²) >= 11 is 9.41. The fourth-order valence-electron chi connectivity index (χ4n) is 2.03. The minimum Gasteiger partial charge on any atom is -0.381 e. The van der Waals surface area contributed by atoms with E-state index in [0.717, 1.165) is 36.5 Å². The number of hydrogen-bond donors (Lipinski definition) is 1. The van der Waals surface area contributed by atoms with Gasteiger partial charge in [0.1, 0.15) is 11.0 Å². The minimum atomic E-state index is 0.453. The standard InChI is InChI=1S/C11H12BrClN4O/c12-8-5-15-17-10(3-9(13)16-11(8)17)14-4-7-1-2-18-6-7/h3,5,7,14H,1-2,4,6H2/t7-/m0/s1. The molecule has 0 aromatic carbocycles. The maximum atomic E-state index is 6.01. The number of nitrogens with zero attached hydrogens (tertiary/aromatic N) is 3. The molecule has 0 radical (unpaired) electrons. The van der Waals surface area contributed by atoms with Crippen molar-refractivity contribution < 1.29 is 4.74 Å². The molecule has 1 aliphatic heterocycles. The van der Waals surface area contributed by atoms with Crippen LogP contribution in [0.25, 0.3) is 5.65 Å². The molecule has 0 amide bonds. The molecule has 0 bridgehead atoms. The van der Waals surface area contributed by atoms with E-state index in [1.54, 1.807) is 16.8 Å². The zero-order valence-corrected chi connectivity index (χ0v) is 11.9. The van der Waals surface area contributed by atoms with E-state index in [1.165, 1.54) is 0 Å². The molecule has 1 saturated heterocycles. The Morgan fingerprint density at radius 2 is 2.50 bits per heavy atom. The summed E-state index contributed by atoms with van der Waals surface area (Å²) in [5, 5.41) is 8.07. The molecule has 1 N–H and O–H groups in total. The molecular formula is C11H12BrClN4O. The van der Waals surface area contributed by atoms with Gasteiger partial charge in [0.15, 0.2) is 5.65 Å². The predicted octanol–water partition coefficient (Wildman–Crippen LogP) is 2.59. The number of rotatable bonds is 3. The summed E-state index contributed by atoms with van der Waals surface area (Å²) in [5.74, 6) is 1.40. The average molecular weight is 332 g/mol. The third-order valence-electron chi connectivity index (χ3n) is 2.99. The topological polar surface area (TPSA) is 51.5 Å². The molecule has 7 heteroatoms. The number of aromatic nitrogens is 3. The van der Waals surface area contributed by atoms with Crippen molar-refractivity contribution in [1.82, 2.24) is 14.6 Å². The summed E-state index contributed by atoms with van der Waals surface area (Å²) in [6.07, 6.45) is 2.81. The first-order valence-electron chi connectivity index (χ1n) is 5.75. The van der Waals surface area contributed by atoms with Crippen LogP contribution in [0.5, 0.6) is 0 Å². The highest BCUT2D eigenvalue weighted by molar-refractivity contribution is 9.10. The van der Waals surface area contributed by atoms with E-state index in [4.69, 9.17) is 16.3 Å². The van der Waals surface area contributed by atoms with E-state index >= 15 is 0 Å². The fourth-order valence-corrected chi connectivity index (χ4v) is 2.56. The molecule has 2 aromatic rings. The lowest BCUT2D eigenvalue weighted by Gasteiger charge is -2.12. The molecular weight excluding hydrogens is 320 g/mol. The van der Waals surface area contributed by atoms with Gasteiger partial charge in [-0.15, -0.1) is 0 Å². The molecule has 96 valence electrons. The van der Waals surface area contributed by atoms with Gasteiger partial charge in [0.2, 0.25) is 0 Å². The van der Waals surface area contributed by atoms with Gasteiger partial charge in [-0.05, 0) is 22.4 Å². The first-order valence-corrected chi connectivity index (χ1v) is 6.92. The number of fused-ring (bicyclic) bond motifs is 1. The third kappa shape index (κ3) is 2.32. The molecule has 18 heavy (non-hydrogen) atoms. The molecule has 1 aliphatic rings. The van der Waals surface area contributed by atoms with Crippen molar-refractivity contribution in [3.8, 4) is 0 Å². The van der Waals surface area contributed by atoms with Crippen LogP contribution in [0.15, 0.2) is 16.7 Å². The second kappa shape index (κ2) is 5.03. The summed E-state index contributed by atoms with van der Waals surface area (Å²) < 4.78 is 7.93. The summed E-state index contributed by atoms with van der Waals surface area (Å²) in [6, 6.07) is 1.78. The lowest BCUT2D eigenvalue weighted by molar-refractivity contribution is 0.187. The van der Waals surface area contributed by atoms with Crippen LogP contribution in [-0.2, 0) is 4.74 Å². The van der Waals surface area contributed by atoms with Crippen molar-refractivity contribution in [1.29, 1.82) is 0 Å². The highest BCUT2D eigenvalue weighted by atomic mass is 79.9. The summed E-state index contributed by atoms with van der Waals surface area (Å²) in [5.41, 5.74) is 0.715. The van der Waals surface area contributed by atoms with Gasteiger partial charge in [-0.3, -0.25) is 0 Å². The Bertz CT molecular complexity index is 567. The van der Waals surface area contributed by atoms with Gasteiger partial charge in [0, 0.05) is 25.1 Å². The Morgan fingerprint density at radius 1 is 1.61 bits per heavy atom. The molecule has 0 unspecified atom stereocenters. The Kier molecular flexibility index (Phi) is 3.41. The van der Waals surface area contributed by atoms with Crippen LogP contribution < -0.4 is 5.32 Å². The second-order valence-corrected chi connectivity index (χ2v) is 5.54. The molecule has 5 nitrogen and oxygen atoms in total. The molecule has 0 saturated carbocycles. The molecule has 3 rings (SSSR count). The second-order valence-electron chi connectivity index (χ2n) is 4.30. The summed E-state index contributed by atoms with van der Waals surface area (Å²) in [4.78, 5) is 4.23. The van der Waals surface area contributed by atoms with Crippen molar-refractivity contribution in [2.75, 3.05) is 25.1 Å². The van der Waals surface area contributed by atoms with E-state index < -0.39 is 0 Å². The molecule has 3 heterocycles. The van der Waals surface area contributed by atoms with E-state index in [2.05, 4.69) is 31.3 Å². The molecule has 2 aromatic heterocycles. The Balaban J connectivity index is 1.85. The first kappa shape index (κ1) is 12.2. The van der Waals surface area contributed by atoms with Crippen LogP contribution in [0.2, 0.25) is 5.15 Å². The highest BCUT2D eigenvalue weighted by Crippen LogP contribution is 2.23. The van der Waals surface area contributed by atoms with Gasteiger partial charge in [-0.25, -0.2) is 4.98 Å². The van der Waals surface area contributed by atoms with Gasteiger partial charge in [0.25, 0.3) is 0 Å². The number of anilines is 1. The Labute approximate surface area is 118 Å². The normalized spacial score (nSPS) is 19.6. The zero-order chi connectivity index (χ0) is 12.5. The van der Waals surface area contributed by atoms with Crippen molar-refractivity contribution >= 4 is 39.0 Å². The van der Waals surface area contributed by atoms with Crippen molar-refractivity contribution in [2.24, 2.45) is 5.92 Å². The monoisotopic (exact) mass is 330 g/mol. The highest BCUT2D eigenvalue weighted by Gasteiger charge is 2.16. The summed E-state index contributed by atoms with van der Waals surface area (Å²) in [6.45, 7) is 2.52. The predicted molar refractivity (Wildman–Crippen MR) is 73.1 cm³/mol. The lowest BCUT2D eigenvalue weighted by atomic mass is 10.1. The molecule has 0 aliphatic carbocycles. The van der Waals surface area contributed by atoms with Crippen molar-refractivity contribution in [2.45, 2.75) is 6.42 Å². The van der Waals surface area contributed by atoms with E-state index in [9.17, 15) is 0 Å². The lowest BCUT2D eigenvalue weighted by Crippen LogP contribution is -2.16. The average Bonchev–Trinajstić information content (AvgIpc) is 2.97. The minimum absolute atomic E-state index is 0.453. The molecule has 1 fully saturated rings. The smallest absolute Gasteiger partial charge is 0.173 e.